The van der Waals surface area contributed by atoms with Crippen molar-refractivity contribution >= 4 is 5.69 Å². The summed E-state index contributed by atoms with van der Waals surface area (Å²) in [5.41, 5.74) is 6.80. The molecular weight excluding hydrogens is 229 g/mol. The summed E-state index contributed by atoms with van der Waals surface area (Å²) in [5.74, 6) is -0.184. The molecule has 1 aromatic carbocycles. The number of nitrogens with two attached hydrogens (primary N) is 1. The Balaban J connectivity index is 2.23. The van der Waals surface area contributed by atoms with Crippen LogP contribution in [0.5, 0.6) is 0 Å². The van der Waals surface area contributed by atoms with Gasteiger partial charge >= 0.3 is 0 Å². The highest BCUT2D eigenvalue weighted by molar-refractivity contribution is 5.49. The molecule has 2 unspecified atom stereocenters. The van der Waals surface area contributed by atoms with E-state index in [4.69, 9.17) is 5.73 Å². The molecule has 1 fully saturated rings. The summed E-state index contributed by atoms with van der Waals surface area (Å²) in [7, 11) is 2.14. The molecule has 3 nitrogen and oxygen atoms in total. The Morgan fingerprint density at radius 3 is 2.56 bits per heavy atom. The van der Waals surface area contributed by atoms with E-state index in [0.29, 0.717) is 18.6 Å². The van der Waals surface area contributed by atoms with Crippen LogP contribution in [0.2, 0.25) is 0 Å². The first-order chi connectivity index (χ1) is 8.61. The third kappa shape index (κ3) is 2.82. The second kappa shape index (κ2) is 5.67. The van der Waals surface area contributed by atoms with Crippen LogP contribution in [0.25, 0.3) is 0 Å². The van der Waals surface area contributed by atoms with E-state index in [1.807, 2.05) is 12.1 Å². The standard InChI is InChI=1S/C14H22FN3/c1-11-9-17(2)10-14(7-8-16)18(11)13-5-3-12(15)4-6-13/h3-6,11,14H,7-10,16H2,1-2H3. The van der Waals surface area contributed by atoms with Gasteiger partial charge < -0.3 is 15.5 Å². The van der Waals surface area contributed by atoms with Crippen molar-refractivity contribution in [3.05, 3.63) is 30.1 Å². The third-order valence-electron chi connectivity index (χ3n) is 3.59. The van der Waals surface area contributed by atoms with Crippen LogP contribution in [0.15, 0.2) is 24.3 Å². The molecule has 1 heterocycles. The normalized spacial score (nSPS) is 25.4. The van der Waals surface area contributed by atoms with Gasteiger partial charge in [0.25, 0.3) is 0 Å². The average molecular weight is 251 g/mol. The van der Waals surface area contributed by atoms with Gasteiger partial charge in [-0.1, -0.05) is 0 Å². The minimum atomic E-state index is -0.184. The Hall–Kier alpha value is -1.13. The Labute approximate surface area is 108 Å². The van der Waals surface area contributed by atoms with Crippen LogP contribution in [0.4, 0.5) is 10.1 Å². The monoisotopic (exact) mass is 251 g/mol. The molecule has 0 aromatic heterocycles. The zero-order valence-electron chi connectivity index (χ0n) is 11.1. The molecule has 0 radical (unpaired) electrons. The van der Waals surface area contributed by atoms with E-state index in [1.165, 1.54) is 12.1 Å². The number of hydrogen-bond acceptors (Lipinski definition) is 3. The van der Waals surface area contributed by atoms with Gasteiger partial charge in [-0.25, -0.2) is 4.39 Å². The highest BCUT2D eigenvalue weighted by Crippen LogP contribution is 2.25. The zero-order valence-corrected chi connectivity index (χ0v) is 11.1. The molecule has 2 N–H and O–H groups in total. The number of rotatable bonds is 3. The maximum absolute atomic E-state index is 13.0. The van der Waals surface area contributed by atoms with E-state index in [2.05, 4.69) is 23.8 Å². The first kappa shape index (κ1) is 13.3. The fraction of sp³-hybridized carbons (Fsp3) is 0.571. The smallest absolute Gasteiger partial charge is 0.123 e. The molecule has 2 rings (SSSR count). The number of hydrogen-bond donors (Lipinski definition) is 1. The lowest BCUT2D eigenvalue weighted by atomic mass is 10.0. The van der Waals surface area contributed by atoms with Crippen LogP contribution in [0.3, 0.4) is 0 Å². The van der Waals surface area contributed by atoms with E-state index in [9.17, 15) is 4.39 Å². The van der Waals surface area contributed by atoms with Crippen molar-refractivity contribution in [2.75, 3.05) is 31.6 Å². The Morgan fingerprint density at radius 2 is 1.94 bits per heavy atom. The largest absolute Gasteiger partial charge is 0.363 e. The number of benzene rings is 1. The zero-order chi connectivity index (χ0) is 13.1. The molecule has 2 atom stereocenters. The lowest BCUT2D eigenvalue weighted by Crippen LogP contribution is -2.57. The van der Waals surface area contributed by atoms with Crippen molar-refractivity contribution in [2.24, 2.45) is 5.73 Å². The van der Waals surface area contributed by atoms with E-state index in [0.717, 1.165) is 25.2 Å². The van der Waals surface area contributed by atoms with Crippen molar-refractivity contribution in [2.45, 2.75) is 25.4 Å². The molecular formula is C14H22FN3. The summed E-state index contributed by atoms with van der Waals surface area (Å²) in [6.07, 6.45) is 0.964. The van der Waals surface area contributed by atoms with Gasteiger partial charge in [-0.05, 0) is 51.2 Å². The Morgan fingerprint density at radius 1 is 1.28 bits per heavy atom. The molecule has 1 saturated heterocycles. The second-order valence-electron chi connectivity index (χ2n) is 5.19. The van der Waals surface area contributed by atoms with Gasteiger partial charge in [0.2, 0.25) is 0 Å². The minimum Gasteiger partial charge on any atom is -0.363 e. The van der Waals surface area contributed by atoms with Crippen molar-refractivity contribution in [3.63, 3.8) is 0 Å². The van der Waals surface area contributed by atoms with Crippen LogP contribution >= 0.6 is 0 Å². The maximum Gasteiger partial charge on any atom is 0.123 e. The molecule has 0 saturated carbocycles. The molecule has 1 aliphatic heterocycles. The summed E-state index contributed by atoms with van der Waals surface area (Å²) < 4.78 is 13.0. The van der Waals surface area contributed by atoms with Gasteiger partial charge in [0.15, 0.2) is 0 Å². The van der Waals surface area contributed by atoms with Gasteiger partial charge in [-0.15, -0.1) is 0 Å². The van der Waals surface area contributed by atoms with E-state index in [1.54, 1.807) is 0 Å². The predicted octanol–water partition coefficient (Wildman–Crippen LogP) is 1.68. The van der Waals surface area contributed by atoms with Crippen LogP contribution in [0.1, 0.15) is 13.3 Å². The third-order valence-corrected chi connectivity index (χ3v) is 3.59. The predicted molar refractivity (Wildman–Crippen MR) is 73.3 cm³/mol. The van der Waals surface area contributed by atoms with Gasteiger partial charge in [0.05, 0.1) is 0 Å². The maximum atomic E-state index is 13.0. The number of piperazine rings is 1. The molecule has 1 aromatic rings. The molecule has 100 valence electrons. The molecule has 0 spiro atoms. The van der Waals surface area contributed by atoms with E-state index >= 15 is 0 Å². The van der Waals surface area contributed by atoms with Crippen LogP contribution in [-0.4, -0.2) is 43.7 Å². The summed E-state index contributed by atoms with van der Waals surface area (Å²) in [6, 6.07) is 7.61. The van der Waals surface area contributed by atoms with Crippen molar-refractivity contribution < 1.29 is 4.39 Å². The van der Waals surface area contributed by atoms with Crippen LogP contribution in [-0.2, 0) is 0 Å². The quantitative estimate of drug-likeness (QED) is 0.887. The number of anilines is 1. The molecule has 0 aliphatic carbocycles. The first-order valence-corrected chi connectivity index (χ1v) is 6.54. The van der Waals surface area contributed by atoms with E-state index in [-0.39, 0.29) is 5.82 Å². The highest BCUT2D eigenvalue weighted by atomic mass is 19.1. The SMILES string of the molecule is CC1CN(C)CC(CCN)N1c1ccc(F)cc1. The highest BCUT2D eigenvalue weighted by Gasteiger charge is 2.30. The summed E-state index contributed by atoms with van der Waals surface area (Å²) in [6.45, 7) is 4.93. The molecule has 1 aliphatic rings. The van der Waals surface area contributed by atoms with Crippen molar-refractivity contribution in [1.82, 2.24) is 4.90 Å². The average Bonchev–Trinajstić information content (AvgIpc) is 2.31. The van der Waals surface area contributed by atoms with E-state index < -0.39 is 0 Å². The number of halogens is 1. The summed E-state index contributed by atoms with van der Waals surface area (Å²) in [4.78, 5) is 4.72. The molecule has 18 heavy (non-hydrogen) atoms. The summed E-state index contributed by atoms with van der Waals surface area (Å²) in [5, 5.41) is 0. The fourth-order valence-electron chi connectivity index (χ4n) is 2.92. The number of likely N-dealkylation sites (N-methyl/N-ethyl adjacent to an activating group) is 1. The summed E-state index contributed by atoms with van der Waals surface area (Å²) >= 11 is 0. The Kier molecular flexibility index (Phi) is 4.19. The first-order valence-electron chi connectivity index (χ1n) is 6.54. The molecule has 0 amide bonds. The van der Waals surface area contributed by atoms with Crippen LogP contribution in [0, 0.1) is 5.82 Å². The fourth-order valence-corrected chi connectivity index (χ4v) is 2.92. The van der Waals surface area contributed by atoms with Gasteiger partial charge in [0, 0.05) is 30.9 Å². The lowest BCUT2D eigenvalue weighted by Gasteiger charge is -2.46. The molecule has 4 heteroatoms. The van der Waals surface area contributed by atoms with Crippen LogP contribution < -0.4 is 10.6 Å². The van der Waals surface area contributed by atoms with Gasteiger partial charge in [0.1, 0.15) is 5.82 Å². The number of nitrogens with zero attached hydrogens (tertiary/aromatic N) is 2. The van der Waals surface area contributed by atoms with Gasteiger partial charge in [-0.3, -0.25) is 0 Å². The van der Waals surface area contributed by atoms with Crippen molar-refractivity contribution in [1.29, 1.82) is 0 Å². The topological polar surface area (TPSA) is 32.5 Å². The van der Waals surface area contributed by atoms with Gasteiger partial charge in [-0.2, -0.15) is 0 Å². The molecule has 0 bridgehead atoms. The van der Waals surface area contributed by atoms with Crippen molar-refractivity contribution in [3.8, 4) is 0 Å². The second-order valence-corrected chi connectivity index (χ2v) is 5.19. The Bertz CT molecular complexity index is 379. The minimum absolute atomic E-state index is 0.184. The lowest BCUT2D eigenvalue weighted by molar-refractivity contribution is 0.227.